The maximum Gasteiger partial charge on any atom is 0.101 e. The van der Waals surface area contributed by atoms with E-state index < -0.39 is 5.60 Å². The topological polar surface area (TPSA) is 47.3 Å². The number of hydrogen-bond acceptors (Lipinski definition) is 3. The summed E-state index contributed by atoms with van der Waals surface area (Å²) in [7, 11) is 0. The first-order valence-electron chi connectivity index (χ1n) is 6.00. The Hall–Kier alpha value is -1.53. The molecular weight excluding hydrogens is 212 g/mol. The SMILES string of the molecule is Cc1ccc(C#N)c(N2CCCC(C)(O)C2)c1. The monoisotopic (exact) mass is 230 g/mol. The van der Waals surface area contributed by atoms with Gasteiger partial charge in [-0.3, -0.25) is 0 Å². The van der Waals surface area contributed by atoms with Gasteiger partial charge in [-0.25, -0.2) is 0 Å². The van der Waals surface area contributed by atoms with Crippen LogP contribution in [0.5, 0.6) is 0 Å². The molecule has 0 aromatic heterocycles. The number of anilines is 1. The normalized spacial score (nSPS) is 24.5. The summed E-state index contributed by atoms with van der Waals surface area (Å²) in [6.45, 7) is 5.40. The third-order valence-electron chi connectivity index (χ3n) is 3.29. The predicted molar refractivity (Wildman–Crippen MR) is 68.0 cm³/mol. The van der Waals surface area contributed by atoms with Crippen LogP contribution in [-0.4, -0.2) is 23.8 Å². The Kier molecular flexibility index (Phi) is 3.08. The van der Waals surface area contributed by atoms with Gasteiger partial charge in [0.2, 0.25) is 0 Å². The van der Waals surface area contributed by atoms with Gasteiger partial charge in [-0.2, -0.15) is 5.26 Å². The van der Waals surface area contributed by atoms with Crippen molar-refractivity contribution in [3.63, 3.8) is 0 Å². The first-order valence-corrected chi connectivity index (χ1v) is 6.00. The zero-order chi connectivity index (χ0) is 12.5. The van der Waals surface area contributed by atoms with Gasteiger partial charge in [0.1, 0.15) is 6.07 Å². The Balaban J connectivity index is 2.33. The molecule has 17 heavy (non-hydrogen) atoms. The Bertz CT molecular complexity index is 460. The van der Waals surface area contributed by atoms with Gasteiger partial charge in [0.05, 0.1) is 16.9 Å². The van der Waals surface area contributed by atoms with Crippen molar-refractivity contribution in [2.45, 2.75) is 32.3 Å². The molecular formula is C14H18N2O. The van der Waals surface area contributed by atoms with Crippen LogP contribution in [-0.2, 0) is 0 Å². The van der Waals surface area contributed by atoms with Crippen LogP contribution in [0, 0.1) is 18.3 Å². The molecule has 0 saturated carbocycles. The van der Waals surface area contributed by atoms with Crippen molar-refractivity contribution in [1.82, 2.24) is 0 Å². The molecule has 1 aromatic carbocycles. The van der Waals surface area contributed by atoms with E-state index >= 15 is 0 Å². The molecule has 3 nitrogen and oxygen atoms in total. The lowest BCUT2D eigenvalue weighted by Gasteiger charge is -2.38. The van der Waals surface area contributed by atoms with Gasteiger partial charge in [-0.1, -0.05) is 6.07 Å². The molecule has 0 aliphatic carbocycles. The Morgan fingerprint density at radius 1 is 1.47 bits per heavy atom. The lowest BCUT2D eigenvalue weighted by atomic mass is 9.94. The Morgan fingerprint density at radius 3 is 2.88 bits per heavy atom. The van der Waals surface area contributed by atoms with Crippen LogP contribution in [0.3, 0.4) is 0 Å². The van der Waals surface area contributed by atoms with Crippen molar-refractivity contribution >= 4 is 5.69 Å². The summed E-state index contributed by atoms with van der Waals surface area (Å²) < 4.78 is 0. The number of aryl methyl sites for hydroxylation is 1. The average molecular weight is 230 g/mol. The highest BCUT2D eigenvalue weighted by atomic mass is 16.3. The molecule has 1 heterocycles. The van der Waals surface area contributed by atoms with Crippen LogP contribution in [0.4, 0.5) is 5.69 Å². The van der Waals surface area contributed by atoms with Crippen LogP contribution < -0.4 is 4.90 Å². The minimum absolute atomic E-state index is 0.602. The fourth-order valence-electron chi connectivity index (χ4n) is 2.42. The molecule has 0 bridgehead atoms. The summed E-state index contributed by atoms with van der Waals surface area (Å²) in [5, 5.41) is 19.2. The molecule has 3 heteroatoms. The second kappa shape index (κ2) is 4.38. The van der Waals surface area contributed by atoms with Gasteiger partial charge >= 0.3 is 0 Å². The van der Waals surface area contributed by atoms with Crippen LogP contribution in [0.15, 0.2) is 18.2 Å². The summed E-state index contributed by atoms with van der Waals surface area (Å²) in [5.74, 6) is 0. The van der Waals surface area contributed by atoms with Gasteiger partial charge < -0.3 is 10.0 Å². The molecule has 2 rings (SSSR count). The molecule has 1 aliphatic heterocycles. The summed E-state index contributed by atoms with van der Waals surface area (Å²) in [5.41, 5.74) is 2.14. The molecule has 0 spiro atoms. The van der Waals surface area contributed by atoms with Gasteiger partial charge in [0.15, 0.2) is 0 Å². The smallest absolute Gasteiger partial charge is 0.101 e. The molecule has 1 saturated heterocycles. The number of benzene rings is 1. The van der Waals surface area contributed by atoms with Gasteiger partial charge in [-0.05, 0) is 44.4 Å². The minimum Gasteiger partial charge on any atom is -0.388 e. The molecule has 1 aliphatic rings. The number of rotatable bonds is 1. The van der Waals surface area contributed by atoms with E-state index in [1.165, 1.54) is 0 Å². The van der Waals surface area contributed by atoms with E-state index in [0.717, 1.165) is 30.6 Å². The Morgan fingerprint density at radius 2 is 2.24 bits per heavy atom. The first-order chi connectivity index (χ1) is 8.02. The van der Waals surface area contributed by atoms with E-state index in [4.69, 9.17) is 5.26 Å². The van der Waals surface area contributed by atoms with E-state index in [0.29, 0.717) is 12.1 Å². The van der Waals surface area contributed by atoms with Crippen molar-refractivity contribution in [2.75, 3.05) is 18.0 Å². The number of β-amino-alcohol motifs (C(OH)–C–C–N with tert-alkyl or cyclic N) is 1. The molecule has 1 fully saturated rings. The summed E-state index contributed by atoms with van der Waals surface area (Å²) >= 11 is 0. The van der Waals surface area contributed by atoms with Crippen LogP contribution in [0.25, 0.3) is 0 Å². The summed E-state index contributed by atoms with van der Waals surface area (Å²) in [6, 6.07) is 8.06. The highest BCUT2D eigenvalue weighted by Crippen LogP contribution is 2.28. The third kappa shape index (κ3) is 2.59. The predicted octanol–water partition coefficient (Wildman–Crippen LogP) is 2.22. The number of hydrogen-bond donors (Lipinski definition) is 1. The summed E-state index contributed by atoms with van der Waals surface area (Å²) in [4.78, 5) is 2.12. The van der Waals surface area contributed by atoms with Gasteiger partial charge in [0, 0.05) is 13.1 Å². The van der Waals surface area contributed by atoms with E-state index in [9.17, 15) is 5.11 Å². The van der Waals surface area contributed by atoms with E-state index in [1.54, 1.807) is 0 Å². The number of nitriles is 1. The van der Waals surface area contributed by atoms with Crippen molar-refractivity contribution in [3.05, 3.63) is 29.3 Å². The van der Waals surface area contributed by atoms with Gasteiger partial charge in [-0.15, -0.1) is 0 Å². The molecule has 1 atom stereocenters. The highest BCUT2D eigenvalue weighted by molar-refractivity contribution is 5.61. The van der Waals surface area contributed by atoms with E-state index in [2.05, 4.69) is 11.0 Å². The number of piperidine rings is 1. The minimum atomic E-state index is -0.644. The zero-order valence-electron chi connectivity index (χ0n) is 10.4. The molecule has 90 valence electrons. The van der Waals surface area contributed by atoms with Crippen molar-refractivity contribution in [3.8, 4) is 6.07 Å². The van der Waals surface area contributed by atoms with Gasteiger partial charge in [0.25, 0.3) is 0 Å². The fourth-order valence-corrected chi connectivity index (χ4v) is 2.42. The average Bonchev–Trinajstić information content (AvgIpc) is 2.27. The highest BCUT2D eigenvalue weighted by Gasteiger charge is 2.29. The second-order valence-electron chi connectivity index (χ2n) is 5.15. The van der Waals surface area contributed by atoms with Crippen LogP contribution in [0.1, 0.15) is 30.9 Å². The first kappa shape index (κ1) is 11.9. The number of nitrogens with zero attached hydrogens (tertiary/aromatic N) is 2. The fraction of sp³-hybridized carbons (Fsp3) is 0.500. The van der Waals surface area contributed by atoms with Crippen LogP contribution in [0.2, 0.25) is 0 Å². The van der Waals surface area contributed by atoms with E-state index in [1.807, 2.05) is 32.0 Å². The molecule has 1 unspecified atom stereocenters. The van der Waals surface area contributed by atoms with Crippen molar-refractivity contribution in [2.24, 2.45) is 0 Å². The zero-order valence-corrected chi connectivity index (χ0v) is 10.4. The lowest BCUT2D eigenvalue weighted by Crippen LogP contribution is -2.46. The molecule has 1 N–H and O–H groups in total. The van der Waals surface area contributed by atoms with Crippen LogP contribution >= 0.6 is 0 Å². The van der Waals surface area contributed by atoms with E-state index in [-0.39, 0.29) is 0 Å². The Labute approximate surface area is 102 Å². The quantitative estimate of drug-likeness (QED) is 0.804. The molecule has 0 amide bonds. The van der Waals surface area contributed by atoms with Crippen molar-refractivity contribution in [1.29, 1.82) is 5.26 Å². The maximum atomic E-state index is 10.1. The third-order valence-corrected chi connectivity index (χ3v) is 3.29. The standard InChI is InChI=1S/C14H18N2O/c1-11-4-5-12(9-15)13(8-11)16-7-3-6-14(2,17)10-16/h4-5,8,17H,3,6-7,10H2,1-2H3. The molecule has 1 aromatic rings. The second-order valence-corrected chi connectivity index (χ2v) is 5.15. The maximum absolute atomic E-state index is 10.1. The lowest BCUT2D eigenvalue weighted by molar-refractivity contribution is 0.0449. The number of aliphatic hydroxyl groups is 1. The largest absolute Gasteiger partial charge is 0.388 e. The molecule has 0 radical (unpaired) electrons. The summed E-state index contributed by atoms with van der Waals surface area (Å²) in [6.07, 6.45) is 1.79. The van der Waals surface area contributed by atoms with Crippen molar-refractivity contribution < 1.29 is 5.11 Å².